The first kappa shape index (κ1) is 15.8. The van der Waals surface area contributed by atoms with Crippen LogP contribution in [0.4, 0.5) is 0 Å². The molecule has 22 heavy (non-hydrogen) atoms. The van der Waals surface area contributed by atoms with Crippen molar-refractivity contribution in [2.75, 3.05) is 19.6 Å². The molecule has 3 nitrogen and oxygen atoms in total. The molecule has 4 heteroatoms. The Hall–Kier alpha value is -1.13. The first-order chi connectivity index (χ1) is 10.7. The van der Waals surface area contributed by atoms with Crippen LogP contribution in [0, 0.1) is 5.92 Å². The summed E-state index contributed by atoms with van der Waals surface area (Å²) in [5.74, 6) is 0.718. The van der Waals surface area contributed by atoms with Crippen molar-refractivity contribution in [3.63, 3.8) is 0 Å². The van der Waals surface area contributed by atoms with Gasteiger partial charge in [-0.25, -0.2) is 0 Å². The van der Waals surface area contributed by atoms with Crippen molar-refractivity contribution in [2.45, 2.75) is 37.4 Å². The van der Waals surface area contributed by atoms with Gasteiger partial charge < -0.3 is 0 Å². The van der Waals surface area contributed by atoms with Crippen molar-refractivity contribution < 1.29 is 9.59 Å². The number of rotatable bonds is 5. The first-order valence-electron chi connectivity index (χ1n) is 8.23. The van der Waals surface area contributed by atoms with Crippen LogP contribution in [0.1, 0.15) is 42.5 Å². The highest BCUT2D eigenvalue weighted by molar-refractivity contribution is 8.14. The van der Waals surface area contributed by atoms with Gasteiger partial charge in [-0.15, -0.1) is 0 Å². The molecule has 1 aliphatic heterocycles. The van der Waals surface area contributed by atoms with Gasteiger partial charge in [-0.05, 0) is 25.8 Å². The molecule has 1 aromatic carbocycles. The van der Waals surface area contributed by atoms with Crippen LogP contribution in [0.25, 0.3) is 0 Å². The normalized spacial score (nSPS) is 23.0. The van der Waals surface area contributed by atoms with Gasteiger partial charge in [0.05, 0.1) is 6.54 Å². The molecule has 0 radical (unpaired) electrons. The zero-order valence-electron chi connectivity index (χ0n) is 12.9. The van der Waals surface area contributed by atoms with Gasteiger partial charge in [0.2, 0.25) is 5.12 Å². The van der Waals surface area contributed by atoms with E-state index in [1.807, 2.05) is 30.3 Å². The van der Waals surface area contributed by atoms with Crippen LogP contribution in [0.15, 0.2) is 30.3 Å². The SMILES string of the molecule is O=C(SC1CCN(CC(=O)C2CCCC2)C1)c1ccccc1. The van der Waals surface area contributed by atoms with Crippen LogP contribution in [-0.4, -0.2) is 40.7 Å². The summed E-state index contributed by atoms with van der Waals surface area (Å²) < 4.78 is 0. The number of hydrogen-bond donors (Lipinski definition) is 0. The highest BCUT2D eigenvalue weighted by Crippen LogP contribution is 2.28. The molecule has 118 valence electrons. The van der Waals surface area contributed by atoms with E-state index in [0.29, 0.717) is 23.5 Å². The molecule has 0 N–H and O–H groups in total. The number of nitrogens with zero attached hydrogens (tertiary/aromatic N) is 1. The van der Waals surface area contributed by atoms with Gasteiger partial charge in [-0.2, -0.15) is 0 Å². The first-order valence-corrected chi connectivity index (χ1v) is 9.11. The lowest BCUT2D eigenvalue weighted by molar-refractivity contribution is -0.123. The van der Waals surface area contributed by atoms with E-state index in [0.717, 1.165) is 37.9 Å². The molecule has 1 aromatic rings. The Labute approximate surface area is 136 Å². The molecule has 0 spiro atoms. The van der Waals surface area contributed by atoms with Gasteiger partial charge in [0.15, 0.2) is 0 Å². The van der Waals surface area contributed by atoms with Gasteiger partial charge in [0, 0.05) is 23.3 Å². The second-order valence-corrected chi connectivity index (χ2v) is 7.64. The molecule has 1 saturated carbocycles. The van der Waals surface area contributed by atoms with Gasteiger partial charge in [0.25, 0.3) is 0 Å². The Morgan fingerprint density at radius 3 is 2.55 bits per heavy atom. The minimum Gasteiger partial charge on any atom is -0.298 e. The Bertz CT molecular complexity index is 525. The van der Waals surface area contributed by atoms with Crippen molar-refractivity contribution in [1.82, 2.24) is 4.90 Å². The summed E-state index contributed by atoms with van der Waals surface area (Å²) >= 11 is 1.43. The minimum absolute atomic E-state index is 0.148. The van der Waals surface area contributed by atoms with Gasteiger partial charge in [-0.1, -0.05) is 54.9 Å². The maximum atomic E-state index is 12.2. The maximum Gasteiger partial charge on any atom is 0.219 e. The number of carbonyl (C=O) groups excluding carboxylic acids is 2. The summed E-state index contributed by atoms with van der Waals surface area (Å²) in [6.07, 6.45) is 5.58. The largest absolute Gasteiger partial charge is 0.298 e. The van der Waals surface area contributed by atoms with Crippen LogP contribution >= 0.6 is 11.8 Å². The van der Waals surface area contributed by atoms with Crippen molar-refractivity contribution in [1.29, 1.82) is 0 Å². The lowest BCUT2D eigenvalue weighted by Crippen LogP contribution is -2.31. The monoisotopic (exact) mass is 317 g/mol. The molecule has 2 fully saturated rings. The average molecular weight is 317 g/mol. The van der Waals surface area contributed by atoms with Gasteiger partial charge in [-0.3, -0.25) is 14.5 Å². The quantitative estimate of drug-likeness (QED) is 0.834. The summed E-state index contributed by atoms with van der Waals surface area (Å²) in [6, 6.07) is 9.45. The zero-order valence-corrected chi connectivity index (χ0v) is 13.7. The zero-order chi connectivity index (χ0) is 15.4. The second kappa shape index (κ2) is 7.42. The second-order valence-electron chi connectivity index (χ2n) is 6.36. The van der Waals surface area contributed by atoms with Crippen LogP contribution in [0.3, 0.4) is 0 Å². The summed E-state index contributed by atoms with van der Waals surface area (Å²) in [6.45, 7) is 2.39. The number of ketones is 1. The van der Waals surface area contributed by atoms with Crippen LogP contribution < -0.4 is 0 Å². The topological polar surface area (TPSA) is 37.4 Å². The summed E-state index contributed by atoms with van der Waals surface area (Å²) in [5.41, 5.74) is 0.771. The third-order valence-electron chi connectivity index (χ3n) is 4.70. The van der Waals surface area contributed by atoms with E-state index >= 15 is 0 Å². The Morgan fingerprint density at radius 2 is 1.82 bits per heavy atom. The average Bonchev–Trinajstić information content (AvgIpc) is 3.20. The van der Waals surface area contributed by atoms with Crippen molar-refractivity contribution in [2.24, 2.45) is 5.92 Å². The highest BCUT2D eigenvalue weighted by Gasteiger charge is 2.29. The molecule has 1 atom stereocenters. The van der Waals surface area contributed by atoms with Crippen LogP contribution in [0.2, 0.25) is 0 Å². The maximum absolute atomic E-state index is 12.2. The molecule has 3 rings (SSSR count). The Balaban J connectivity index is 1.46. The van der Waals surface area contributed by atoms with E-state index in [9.17, 15) is 9.59 Å². The Kier molecular flexibility index (Phi) is 5.32. The molecule has 0 amide bonds. The van der Waals surface area contributed by atoms with Crippen LogP contribution in [-0.2, 0) is 4.79 Å². The third-order valence-corrected chi connectivity index (χ3v) is 5.87. The number of carbonyl (C=O) groups is 2. The lowest BCUT2D eigenvalue weighted by Gasteiger charge is -2.17. The number of hydrogen-bond acceptors (Lipinski definition) is 4. The van der Waals surface area contributed by atoms with E-state index in [1.165, 1.54) is 24.6 Å². The molecule has 2 aliphatic rings. The predicted molar refractivity (Wildman–Crippen MR) is 90.2 cm³/mol. The summed E-state index contributed by atoms with van der Waals surface area (Å²) in [7, 11) is 0. The van der Waals surface area contributed by atoms with Gasteiger partial charge >= 0.3 is 0 Å². The molecule has 1 saturated heterocycles. The van der Waals surface area contributed by atoms with Crippen LogP contribution in [0.5, 0.6) is 0 Å². The van der Waals surface area contributed by atoms with E-state index in [-0.39, 0.29) is 5.12 Å². The molecular weight excluding hydrogens is 294 g/mol. The van der Waals surface area contributed by atoms with Crippen molar-refractivity contribution in [3.05, 3.63) is 35.9 Å². The summed E-state index contributed by atoms with van der Waals surface area (Å²) in [4.78, 5) is 26.7. The molecule has 1 unspecified atom stereocenters. The van der Waals surface area contributed by atoms with E-state index in [4.69, 9.17) is 0 Å². The molecule has 0 bridgehead atoms. The standard InChI is InChI=1S/C18H23NO2S/c20-17(14-6-4-5-7-14)13-19-11-10-16(12-19)22-18(21)15-8-2-1-3-9-15/h1-3,8-9,14,16H,4-7,10-13H2. The number of thioether (sulfide) groups is 1. The number of likely N-dealkylation sites (tertiary alicyclic amines) is 1. The smallest absolute Gasteiger partial charge is 0.219 e. The van der Waals surface area contributed by atoms with Crippen molar-refractivity contribution >= 4 is 22.7 Å². The molecule has 1 aliphatic carbocycles. The highest BCUT2D eigenvalue weighted by atomic mass is 32.2. The Morgan fingerprint density at radius 1 is 1.09 bits per heavy atom. The third kappa shape index (κ3) is 3.99. The predicted octanol–water partition coefficient (Wildman–Crippen LogP) is 3.39. The fourth-order valence-electron chi connectivity index (χ4n) is 3.43. The van der Waals surface area contributed by atoms with Gasteiger partial charge in [0.1, 0.15) is 5.78 Å². The lowest BCUT2D eigenvalue weighted by atomic mass is 10.0. The molecule has 1 heterocycles. The fraction of sp³-hybridized carbons (Fsp3) is 0.556. The number of benzene rings is 1. The van der Waals surface area contributed by atoms with E-state index in [1.54, 1.807) is 0 Å². The van der Waals surface area contributed by atoms with Crippen molar-refractivity contribution in [3.8, 4) is 0 Å². The van der Waals surface area contributed by atoms with E-state index in [2.05, 4.69) is 4.90 Å². The summed E-state index contributed by atoms with van der Waals surface area (Å²) in [5, 5.41) is 0.471. The number of Topliss-reactive ketones (excluding diaryl/α,β-unsaturated/α-hetero) is 1. The fourth-order valence-corrected chi connectivity index (χ4v) is 4.51. The molecule has 0 aromatic heterocycles. The minimum atomic E-state index is 0.148. The van der Waals surface area contributed by atoms with E-state index < -0.39 is 0 Å². The molecular formula is C18H23NO2S.